The minimum Gasteiger partial charge on any atom is -0.497 e. The molecule has 4 rings (SSSR count). The number of rotatable bonds is 4. The topological polar surface area (TPSA) is 107 Å². The highest BCUT2D eigenvalue weighted by molar-refractivity contribution is 5.82. The Labute approximate surface area is 175 Å². The van der Waals surface area contributed by atoms with Gasteiger partial charge in [-0.15, -0.1) is 0 Å². The number of carbonyl (C=O) groups is 1. The number of carbonyl (C=O) groups excluding carboxylic acids is 1. The Morgan fingerprint density at radius 1 is 0.867 bits per heavy atom. The van der Waals surface area contributed by atoms with Crippen LogP contribution in [0.25, 0.3) is 21.8 Å². The van der Waals surface area contributed by atoms with Crippen molar-refractivity contribution in [3.63, 3.8) is 0 Å². The standard InChI is InChI=1S/C10H10N2O2.C10H8N2O2.2CH4/c2*1-14-8-2-3-9-7(4-8)5-11-10(6-13)12-9;;/h2-5,13H,6H2,1H3;2-6H,1H3;2*1H4. The third-order valence-corrected chi connectivity index (χ3v) is 3.89. The first-order chi connectivity index (χ1) is 13.7. The number of fused-ring (bicyclic) bond motifs is 2. The van der Waals surface area contributed by atoms with Gasteiger partial charge in [-0.05, 0) is 36.4 Å². The second kappa shape index (κ2) is 11.4. The Kier molecular flexibility index (Phi) is 9.25. The summed E-state index contributed by atoms with van der Waals surface area (Å²) in [5.41, 5.74) is 1.55. The van der Waals surface area contributed by atoms with Crippen LogP contribution in [0, 0.1) is 0 Å². The highest BCUT2D eigenvalue weighted by Gasteiger charge is 2.01. The van der Waals surface area contributed by atoms with Crippen molar-refractivity contribution >= 4 is 28.1 Å². The van der Waals surface area contributed by atoms with Crippen LogP contribution >= 0.6 is 0 Å². The summed E-state index contributed by atoms with van der Waals surface area (Å²) < 4.78 is 10.1. The van der Waals surface area contributed by atoms with Crippen molar-refractivity contribution in [1.82, 2.24) is 19.9 Å². The molecule has 2 aromatic heterocycles. The number of hydrogen-bond donors (Lipinski definition) is 1. The molecule has 8 nitrogen and oxygen atoms in total. The van der Waals surface area contributed by atoms with Crippen LogP contribution in [0.1, 0.15) is 31.3 Å². The lowest BCUT2D eigenvalue weighted by Gasteiger charge is -2.02. The molecule has 2 aromatic carbocycles. The van der Waals surface area contributed by atoms with Crippen LogP contribution in [0.4, 0.5) is 0 Å². The lowest BCUT2D eigenvalue weighted by molar-refractivity contribution is 0.111. The molecule has 1 N–H and O–H groups in total. The number of nitrogens with zero attached hydrogens (tertiary/aromatic N) is 4. The van der Waals surface area contributed by atoms with Crippen LogP contribution in [0.3, 0.4) is 0 Å². The summed E-state index contributed by atoms with van der Waals surface area (Å²) in [6.07, 6.45) is 3.91. The highest BCUT2D eigenvalue weighted by Crippen LogP contribution is 2.19. The highest BCUT2D eigenvalue weighted by atomic mass is 16.5. The number of benzene rings is 2. The summed E-state index contributed by atoms with van der Waals surface area (Å²) in [4.78, 5) is 26.5. The normalized spacial score (nSPS) is 9.57. The van der Waals surface area contributed by atoms with Crippen LogP contribution in [0.15, 0.2) is 48.8 Å². The first-order valence-corrected chi connectivity index (χ1v) is 8.33. The van der Waals surface area contributed by atoms with E-state index < -0.39 is 0 Å². The maximum Gasteiger partial charge on any atom is 0.193 e. The molecule has 0 bridgehead atoms. The molecule has 0 saturated heterocycles. The average Bonchev–Trinajstić information content (AvgIpc) is 2.77. The fourth-order valence-corrected chi connectivity index (χ4v) is 2.46. The average molecular weight is 410 g/mol. The molecule has 30 heavy (non-hydrogen) atoms. The largest absolute Gasteiger partial charge is 0.497 e. The van der Waals surface area contributed by atoms with Crippen molar-refractivity contribution in [3.8, 4) is 11.5 Å². The van der Waals surface area contributed by atoms with Crippen molar-refractivity contribution in [2.75, 3.05) is 14.2 Å². The van der Waals surface area contributed by atoms with Crippen molar-refractivity contribution in [2.24, 2.45) is 0 Å². The SMILES string of the molecule is C.C.COc1ccc2nc(C=O)ncc2c1.COc1ccc2nc(CO)ncc2c1. The number of hydrogen-bond acceptors (Lipinski definition) is 8. The summed E-state index contributed by atoms with van der Waals surface area (Å²) in [6, 6.07) is 10.9. The molecule has 0 amide bonds. The number of methoxy groups -OCH3 is 2. The van der Waals surface area contributed by atoms with E-state index in [1.54, 1.807) is 38.7 Å². The molecular formula is C22H26N4O4. The summed E-state index contributed by atoms with van der Waals surface area (Å²) in [7, 11) is 3.21. The Morgan fingerprint density at radius 3 is 1.90 bits per heavy atom. The number of aldehydes is 1. The van der Waals surface area contributed by atoms with Crippen LogP contribution in [-0.2, 0) is 6.61 Å². The van der Waals surface area contributed by atoms with Gasteiger partial charge in [0.05, 0.1) is 25.3 Å². The fraction of sp³-hybridized carbons (Fsp3) is 0.227. The lowest BCUT2D eigenvalue weighted by atomic mass is 10.2. The smallest absolute Gasteiger partial charge is 0.193 e. The third kappa shape index (κ3) is 5.68. The summed E-state index contributed by atoms with van der Waals surface area (Å²) in [6.45, 7) is -0.137. The van der Waals surface area contributed by atoms with Gasteiger partial charge in [-0.25, -0.2) is 19.9 Å². The van der Waals surface area contributed by atoms with E-state index >= 15 is 0 Å². The molecular weight excluding hydrogens is 384 g/mol. The van der Waals surface area contributed by atoms with Crippen molar-refractivity contribution in [2.45, 2.75) is 21.5 Å². The summed E-state index contributed by atoms with van der Waals surface area (Å²) in [5.74, 6) is 2.16. The van der Waals surface area contributed by atoms with Gasteiger partial charge in [0.1, 0.15) is 18.1 Å². The maximum absolute atomic E-state index is 10.4. The molecule has 0 atom stereocenters. The van der Waals surface area contributed by atoms with E-state index in [4.69, 9.17) is 14.6 Å². The van der Waals surface area contributed by atoms with E-state index in [1.165, 1.54) is 0 Å². The quantitative estimate of drug-likeness (QED) is 0.506. The molecule has 8 heteroatoms. The predicted octanol–water partition coefficient (Wildman–Crippen LogP) is 3.85. The second-order valence-electron chi connectivity index (χ2n) is 5.64. The predicted molar refractivity (Wildman–Crippen MR) is 117 cm³/mol. The molecule has 4 aromatic rings. The molecule has 0 saturated carbocycles. The van der Waals surface area contributed by atoms with Gasteiger partial charge < -0.3 is 14.6 Å². The third-order valence-electron chi connectivity index (χ3n) is 3.89. The second-order valence-corrected chi connectivity index (χ2v) is 5.64. The van der Waals surface area contributed by atoms with Crippen LogP contribution < -0.4 is 9.47 Å². The van der Waals surface area contributed by atoms with Gasteiger partial charge in [0.15, 0.2) is 17.9 Å². The molecule has 158 valence electrons. The number of aromatic nitrogens is 4. The molecule has 0 unspecified atom stereocenters. The minimum absolute atomic E-state index is 0. The first-order valence-electron chi connectivity index (χ1n) is 8.33. The first kappa shape index (κ1) is 24.4. The van der Waals surface area contributed by atoms with E-state index in [1.807, 2.05) is 24.3 Å². The molecule has 2 heterocycles. The Balaban J connectivity index is 0.000000281. The Hall–Kier alpha value is -3.65. The number of ether oxygens (including phenoxy) is 2. The molecule has 0 aliphatic carbocycles. The van der Waals surface area contributed by atoms with E-state index in [9.17, 15) is 4.79 Å². The van der Waals surface area contributed by atoms with Gasteiger partial charge in [0.25, 0.3) is 0 Å². The molecule has 0 radical (unpaired) electrons. The van der Waals surface area contributed by atoms with Crippen LogP contribution in [-0.4, -0.2) is 45.5 Å². The molecule has 0 fully saturated rings. The monoisotopic (exact) mass is 410 g/mol. The van der Waals surface area contributed by atoms with E-state index in [-0.39, 0.29) is 27.3 Å². The zero-order valence-corrected chi connectivity index (χ0v) is 15.4. The summed E-state index contributed by atoms with van der Waals surface area (Å²) in [5, 5.41) is 10.6. The zero-order valence-electron chi connectivity index (χ0n) is 15.4. The van der Waals surface area contributed by atoms with Crippen LogP contribution in [0.2, 0.25) is 0 Å². The van der Waals surface area contributed by atoms with Crippen molar-refractivity contribution < 1.29 is 19.4 Å². The van der Waals surface area contributed by atoms with Gasteiger partial charge in [0, 0.05) is 23.2 Å². The Morgan fingerprint density at radius 2 is 1.40 bits per heavy atom. The molecule has 0 aliphatic heterocycles. The van der Waals surface area contributed by atoms with Gasteiger partial charge in [-0.3, -0.25) is 4.79 Å². The number of aliphatic hydroxyl groups is 1. The fourth-order valence-electron chi connectivity index (χ4n) is 2.46. The van der Waals surface area contributed by atoms with Gasteiger partial charge in [0.2, 0.25) is 0 Å². The molecule has 0 spiro atoms. The van der Waals surface area contributed by atoms with E-state index in [0.29, 0.717) is 12.1 Å². The molecule has 0 aliphatic rings. The van der Waals surface area contributed by atoms with E-state index in [0.717, 1.165) is 33.3 Å². The van der Waals surface area contributed by atoms with Gasteiger partial charge in [-0.2, -0.15) is 0 Å². The Bertz CT molecular complexity index is 1080. The van der Waals surface area contributed by atoms with E-state index in [2.05, 4.69) is 19.9 Å². The van der Waals surface area contributed by atoms with Crippen molar-refractivity contribution in [1.29, 1.82) is 0 Å². The zero-order chi connectivity index (χ0) is 19.9. The lowest BCUT2D eigenvalue weighted by Crippen LogP contribution is -1.94. The van der Waals surface area contributed by atoms with Crippen LogP contribution in [0.5, 0.6) is 11.5 Å². The summed E-state index contributed by atoms with van der Waals surface area (Å²) >= 11 is 0. The number of aliphatic hydroxyl groups excluding tert-OH is 1. The maximum atomic E-state index is 10.4. The van der Waals surface area contributed by atoms with Crippen molar-refractivity contribution in [3.05, 3.63) is 60.4 Å². The minimum atomic E-state index is -0.137. The van der Waals surface area contributed by atoms with Gasteiger partial charge in [-0.1, -0.05) is 14.9 Å². The van der Waals surface area contributed by atoms with Gasteiger partial charge >= 0.3 is 0 Å².